The largest absolute Gasteiger partial charge is 0.433 e. The molecule has 2 aromatic rings. The normalized spacial score (nSPS) is 17.1. The molecule has 1 saturated heterocycles. The standard InChI is InChI=1S/C18H21F3N4O/c1-13-3-2-4-14(11-13)15(25-7-9-26-10-8-25)12-23-17-22-6-5-16(24-17)18(19,20)21/h2-6,11,15H,7-10,12H2,1H3,(H,22,23,24)/t15-/m1/s1. The van der Waals surface area contributed by atoms with E-state index in [0.717, 1.165) is 36.5 Å². The summed E-state index contributed by atoms with van der Waals surface area (Å²) >= 11 is 0. The van der Waals surface area contributed by atoms with Gasteiger partial charge in [0, 0.05) is 25.8 Å². The van der Waals surface area contributed by atoms with Crippen molar-refractivity contribution in [1.29, 1.82) is 0 Å². The number of nitrogens with zero attached hydrogens (tertiary/aromatic N) is 3. The van der Waals surface area contributed by atoms with Gasteiger partial charge < -0.3 is 10.1 Å². The maximum atomic E-state index is 12.8. The zero-order valence-corrected chi connectivity index (χ0v) is 14.5. The molecule has 1 aliphatic rings. The molecule has 2 heterocycles. The van der Waals surface area contributed by atoms with Crippen LogP contribution in [0.15, 0.2) is 36.5 Å². The van der Waals surface area contributed by atoms with Crippen LogP contribution >= 0.6 is 0 Å². The molecule has 1 aliphatic heterocycles. The highest BCUT2D eigenvalue weighted by atomic mass is 19.4. The Balaban J connectivity index is 1.78. The van der Waals surface area contributed by atoms with Crippen LogP contribution in [0.2, 0.25) is 0 Å². The second-order valence-corrected chi connectivity index (χ2v) is 6.22. The topological polar surface area (TPSA) is 50.3 Å². The van der Waals surface area contributed by atoms with E-state index >= 15 is 0 Å². The van der Waals surface area contributed by atoms with Gasteiger partial charge in [-0.3, -0.25) is 4.90 Å². The number of hydrogen-bond acceptors (Lipinski definition) is 5. The van der Waals surface area contributed by atoms with Gasteiger partial charge in [0.1, 0.15) is 5.69 Å². The first-order valence-electron chi connectivity index (χ1n) is 8.46. The molecule has 0 unspecified atom stereocenters. The van der Waals surface area contributed by atoms with E-state index in [1.165, 1.54) is 0 Å². The third-order valence-corrected chi connectivity index (χ3v) is 4.31. The Kier molecular flexibility index (Phi) is 5.73. The fourth-order valence-electron chi connectivity index (χ4n) is 3.01. The van der Waals surface area contributed by atoms with Gasteiger partial charge in [0.05, 0.1) is 19.3 Å². The monoisotopic (exact) mass is 366 g/mol. The molecule has 5 nitrogen and oxygen atoms in total. The molecule has 1 fully saturated rings. The molecule has 1 N–H and O–H groups in total. The summed E-state index contributed by atoms with van der Waals surface area (Å²) in [6, 6.07) is 8.99. The third kappa shape index (κ3) is 4.70. The Morgan fingerprint density at radius 3 is 2.69 bits per heavy atom. The fourth-order valence-corrected chi connectivity index (χ4v) is 3.01. The first kappa shape index (κ1) is 18.6. The lowest BCUT2D eigenvalue weighted by Crippen LogP contribution is -2.41. The van der Waals surface area contributed by atoms with Crippen molar-refractivity contribution in [3.8, 4) is 0 Å². The van der Waals surface area contributed by atoms with Crippen LogP contribution in [0.1, 0.15) is 22.9 Å². The van der Waals surface area contributed by atoms with Crippen molar-refractivity contribution < 1.29 is 17.9 Å². The summed E-state index contributed by atoms with van der Waals surface area (Å²) < 4.78 is 43.9. The van der Waals surface area contributed by atoms with Crippen LogP contribution in [-0.2, 0) is 10.9 Å². The molecule has 1 aromatic carbocycles. The van der Waals surface area contributed by atoms with Gasteiger partial charge >= 0.3 is 6.18 Å². The van der Waals surface area contributed by atoms with Crippen molar-refractivity contribution in [3.05, 3.63) is 53.3 Å². The Morgan fingerprint density at radius 1 is 1.23 bits per heavy atom. The van der Waals surface area contributed by atoms with Gasteiger partial charge in [0.2, 0.25) is 5.95 Å². The van der Waals surface area contributed by atoms with Gasteiger partial charge in [0.15, 0.2) is 0 Å². The van der Waals surface area contributed by atoms with Gasteiger partial charge in [0.25, 0.3) is 0 Å². The highest BCUT2D eigenvalue weighted by molar-refractivity contribution is 5.30. The van der Waals surface area contributed by atoms with Crippen LogP contribution in [0.4, 0.5) is 19.1 Å². The lowest BCUT2D eigenvalue weighted by molar-refractivity contribution is -0.141. The van der Waals surface area contributed by atoms with Crippen molar-refractivity contribution in [2.45, 2.75) is 19.1 Å². The number of rotatable bonds is 5. The number of alkyl halides is 3. The summed E-state index contributed by atoms with van der Waals surface area (Å²) in [5, 5.41) is 2.97. The predicted molar refractivity (Wildman–Crippen MR) is 91.8 cm³/mol. The molecule has 0 aliphatic carbocycles. The lowest BCUT2D eigenvalue weighted by Gasteiger charge is -2.35. The van der Waals surface area contributed by atoms with Crippen LogP contribution in [0, 0.1) is 6.92 Å². The Hall–Kier alpha value is -2.19. The van der Waals surface area contributed by atoms with Crippen LogP contribution < -0.4 is 5.32 Å². The number of hydrogen-bond donors (Lipinski definition) is 1. The molecule has 0 saturated carbocycles. The lowest BCUT2D eigenvalue weighted by atomic mass is 10.0. The number of halogens is 3. The van der Waals surface area contributed by atoms with E-state index in [4.69, 9.17) is 4.74 Å². The van der Waals surface area contributed by atoms with Crippen LogP contribution in [-0.4, -0.2) is 47.7 Å². The molecular formula is C18H21F3N4O. The van der Waals surface area contributed by atoms with Crippen molar-refractivity contribution in [1.82, 2.24) is 14.9 Å². The van der Waals surface area contributed by atoms with Gasteiger partial charge in [-0.05, 0) is 18.6 Å². The molecule has 1 aromatic heterocycles. The summed E-state index contributed by atoms with van der Waals surface area (Å²) in [6.07, 6.45) is -3.37. The van der Waals surface area contributed by atoms with E-state index in [1.54, 1.807) is 0 Å². The zero-order valence-electron chi connectivity index (χ0n) is 14.5. The molecule has 0 spiro atoms. The quantitative estimate of drug-likeness (QED) is 0.880. The van der Waals surface area contributed by atoms with Crippen molar-refractivity contribution >= 4 is 5.95 Å². The molecule has 0 amide bonds. The van der Waals surface area contributed by atoms with E-state index in [-0.39, 0.29) is 12.0 Å². The molecule has 26 heavy (non-hydrogen) atoms. The Bertz CT molecular complexity index is 732. The third-order valence-electron chi connectivity index (χ3n) is 4.31. The highest BCUT2D eigenvalue weighted by Crippen LogP contribution is 2.28. The van der Waals surface area contributed by atoms with Crippen LogP contribution in [0.5, 0.6) is 0 Å². The summed E-state index contributed by atoms with van der Waals surface area (Å²) in [5.74, 6) is -0.0225. The maximum absolute atomic E-state index is 12.8. The van der Waals surface area contributed by atoms with Gasteiger partial charge in [-0.2, -0.15) is 13.2 Å². The van der Waals surface area contributed by atoms with E-state index in [2.05, 4.69) is 26.3 Å². The van der Waals surface area contributed by atoms with Crippen molar-refractivity contribution in [2.24, 2.45) is 0 Å². The minimum atomic E-state index is -4.49. The minimum Gasteiger partial charge on any atom is -0.379 e. The molecule has 1 atom stereocenters. The summed E-state index contributed by atoms with van der Waals surface area (Å²) in [5.41, 5.74) is 1.29. The second kappa shape index (κ2) is 8.01. The van der Waals surface area contributed by atoms with Crippen LogP contribution in [0.25, 0.3) is 0 Å². The minimum absolute atomic E-state index is 0.00283. The Morgan fingerprint density at radius 2 is 2.00 bits per heavy atom. The highest BCUT2D eigenvalue weighted by Gasteiger charge is 2.33. The molecule has 0 bridgehead atoms. The number of aromatic nitrogens is 2. The first-order valence-corrected chi connectivity index (χ1v) is 8.46. The second-order valence-electron chi connectivity index (χ2n) is 6.22. The Labute approximate surface area is 150 Å². The fraction of sp³-hybridized carbons (Fsp3) is 0.444. The van der Waals surface area contributed by atoms with Gasteiger partial charge in [-0.25, -0.2) is 9.97 Å². The number of morpholine rings is 1. The molecule has 140 valence electrons. The number of ether oxygens (including phenoxy) is 1. The zero-order chi connectivity index (χ0) is 18.6. The number of nitrogens with one attached hydrogen (secondary N) is 1. The number of benzene rings is 1. The average Bonchev–Trinajstić information content (AvgIpc) is 2.62. The van der Waals surface area contributed by atoms with Gasteiger partial charge in [-0.15, -0.1) is 0 Å². The molecule has 0 radical (unpaired) electrons. The average molecular weight is 366 g/mol. The van der Waals surface area contributed by atoms with E-state index in [0.29, 0.717) is 19.8 Å². The van der Waals surface area contributed by atoms with Crippen molar-refractivity contribution in [2.75, 3.05) is 38.2 Å². The van der Waals surface area contributed by atoms with E-state index in [1.807, 2.05) is 25.1 Å². The SMILES string of the molecule is Cc1cccc([C@@H](CNc2nccc(C(F)(F)F)n2)N2CCOCC2)c1. The molecule has 3 rings (SSSR count). The summed E-state index contributed by atoms with van der Waals surface area (Å²) in [4.78, 5) is 9.76. The van der Waals surface area contributed by atoms with E-state index < -0.39 is 11.9 Å². The van der Waals surface area contributed by atoms with Crippen molar-refractivity contribution in [3.63, 3.8) is 0 Å². The maximum Gasteiger partial charge on any atom is 0.433 e. The number of aryl methyl sites for hydroxylation is 1. The summed E-state index contributed by atoms with van der Waals surface area (Å²) in [6.45, 7) is 5.24. The predicted octanol–water partition coefficient (Wildman–Crippen LogP) is 3.29. The van der Waals surface area contributed by atoms with Gasteiger partial charge in [-0.1, -0.05) is 29.8 Å². The molecular weight excluding hydrogens is 345 g/mol. The molecule has 8 heteroatoms. The first-order chi connectivity index (χ1) is 12.4. The summed E-state index contributed by atoms with van der Waals surface area (Å²) in [7, 11) is 0. The van der Waals surface area contributed by atoms with E-state index in [9.17, 15) is 13.2 Å². The number of anilines is 1. The van der Waals surface area contributed by atoms with Crippen LogP contribution in [0.3, 0.4) is 0 Å². The smallest absolute Gasteiger partial charge is 0.379 e.